The molecule has 102 valence electrons. The van der Waals surface area contributed by atoms with Crippen molar-refractivity contribution in [3.63, 3.8) is 0 Å². The maximum atomic E-state index is 12.6. The number of rotatable bonds is 3. The Hall–Kier alpha value is -1.35. The highest BCUT2D eigenvalue weighted by Gasteiger charge is 2.53. The zero-order valence-electron chi connectivity index (χ0n) is 11.7. The highest BCUT2D eigenvalue weighted by molar-refractivity contribution is 6.00. The summed E-state index contributed by atoms with van der Waals surface area (Å²) in [6, 6.07) is 7.93. The Balaban J connectivity index is 1.89. The van der Waals surface area contributed by atoms with Gasteiger partial charge in [0.05, 0.1) is 6.04 Å². The van der Waals surface area contributed by atoms with Gasteiger partial charge in [-0.3, -0.25) is 4.79 Å². The van der Waals surface area contributed by atoms with Crippen LogP contribution < -0.4 is 10.6 Å². The molecule has 1 aliphatic heterocycles. The van der Waals surface area contributed by atoms with Crippen LogP contribution in [0.2, 0.25) is 0 Å². The van der Waals surface area contributed by atoms with E-state index in [1.807, 2.05) is 11.0 Å². The molecule has 1 aliphatic carbocycles. The fraction of sp³-hybridized carbons (Fsp3) is 0.562. The van der Waals surface area contributed by atoms with E-state index in [1.165, 1.54) is 18.4 Å². The third-order valence-corrected chi connectivity index (χ3v) is 4.89. The molecule has 2 aliphatic rings. The van der Waals surface area contributed by atoms with Crippen molar-refractivity contribution in [1.82, 2.24) is 0 Å². The zero-order valence-corrected chi connectivity index (χ0v) is 11.7. The molecule has 3 heteroatoms. The van der Waals surface area contributed by atoms with E-state index in [-0.39, 0.29) is 23.3 Å². The van der Waals surface area contributed by atoms with Crippen LogP contribution in [0.4, 0.5) is 5.69 Å². The minimum absolute atomic E-state index is 0.0885. The lowest BCUT2D eigenvalue weighted by molar-refractivity contribution is -0.120. The van der Waals surface area contributed by atoms with Gasteiger partial charge < -0.3 is 10.6 Å². The van der Waals surface area contributed by atoms with Crippen LogP contribution in [0, 0.1) is 5.92 Å². The van der Waals surface area contributed by atoms with E-state index in [2.05, 4.69) is 32.0 Å². The van der Waals surface area contributed by atoms with E-state index >= 15 is 0 Å². The lowest BCUT2D eigenvalue weighted by atomic mass is 9.99. The summed E-state index contributed by atoms with van der Waals surface area (Å²) in [5.41, 5.74) is 8.81. The molecule has 3 nitrogen and oxygen atoms in total. The van der Waals surface area contributed by atoms with E-state index in [4.69, 9.17) is 5.73 Å². The highest BCUT2D eigenvalue weighted by Crippen LogP contribution is 2.56. The number of hydrogen-bond acceptors (Lipinski definition) is 2. The molecule has 1 heterocycles. The average Bonchev–Trinajstić information content (AvgIpc) is 3.15. The first-order chi connectivity index (χ1) is 9.09. The van der Waals surface area contributed by atoms with Gasteiger partial charge in [-0.15, -0.1) is 0 Å². The summed E-state index contributed by atoms with van der Waals surface area (Å²) in [5, 5.41) is 0. The first-order valence-corrected chi connectivity index (χ1v) is 7.25. The second kappa shape index (κ2) is 4.34. The topological polar surface area (TPSA) is 46.3 Å². The molecule has 1 fully saturated rings. The lowest BCUT2D eigenvalue weighted by Gasteiger charge is -2.25. The number of fused-ring (bicyclic) bond motifs is 2. The van der Waals surface area contributed by atoms with Gasteiger partial charge in [-0.1, -0.05) is 38.5 Å². The summed E-state index contributed by atoms with van der Waals surface area (Å²) in [6.07, 6.45) is 3.34. The SMILES string of the molecule is CCC(C)C(N)C(=O)N1CC2(CC2)c2ccccc21. The van der Waals surface area contributed by atoms with E-state index < -0.39 is 0 Å². The van der Waals surface area contributed by atoms with Crippen molar-refractivity contribution in [2.75, 3.05) is 11.4 Å². The summed E-state index contributed by atoms with van der Waals surface area (Å²) < 4.78 is 0. The van der Waals surface area contributed by atoms with Crippen LogP contribution in [0.25, 0.3) is 0 Å². The van der Waals surface area contributed by atoms with Crippen LogP contribution in [0.15, 0.2) is 24.3 Å². The summed E-state index contributed by atoms with van der Waals surface area (Å²) in [4.78, 5) is 14.6. The number of carbonyl (C=O) groups is 1. The second-order valence-corrected chi connectivity index (χ2v) is 6.13. The number of carbonyl (C=O) groups excluding carboxylic acids is 1. The standard InChI is InChI=1S/C16H22N2O/c1-3-11(2)14(17)15(19)18-10-16(8-9-16)12-6-4-5-7-13(12)18/h4-7,11,14H,3,8-10,17H2,1-2H3. The van der Waals surface area contributed by atoms with Gasteiger partial charge in [-0.25, -0.2) is 0 Å². The first-order valence-electron chi connectivity index (χ1n) is 7.25. The molecule has 2 N–H and O–H groups in total. The van der Waals surface area contributed by atoms with Gasteiger partial charge >= 0.3 is 0 Å². The van der Waals surface area contributed by atoms with Gasteiger partial charge in [0.25, 0.3) is 0 Å². The Bertz CT molecular complexity index is 507. The van der Waals surface area contributed by atoms with Crippen molar-refractivity contribution in [2.45, 2.75) is 44.6 Å². The van der Waals surface area contributed by atoms with E-state index in [0.29, 0.717) is 0 Å². The fourth-order valence-electron chi connectivity index (χ4n) is 3.08. The molecular formula is C16H22N2O. The summed E-state index contributed by atoms with van der Waals surface area (Å²) >= 11 is 0. The Morgan fingerprint density at radius 3 is 2.74 bits per heavy atom. The summed E-state index contributed by atoms with van der Waals surface area (Å²) in [6.45, 7) is 4.96. The van der Waals surface area contributed by atoms with E-state index in [0.717, 1.165) is 18.7 Å². The molecule has 1 amide bonds. The first kappa shape index (κ1) is 12.7. The average molecular weight is 258 g/mol. The number of anilines is 1. The van der Waals surface area contributed by atoms with Gasteiger partial charge in [0, 0.05) is 17.6 Å². The van der Waals surface area contributed by atoms with Gasteiger partial charge in [0.1, 0.15) is 0 Å². The zero-order chi connectivity index (χ0) is 13.6. The number of nitrogens with two attached hydrogens (primary N) is 1. The molecule has 1 aromatic rings. The van der Waals surface area contributed by atoms with Gasteiger partial charge in [-0.2, -0.15) is 0 Å². The number of para-hydroxylation sites is 1. The predicted octanol–water partition coefficient (Wildman–Crippen LogP) is 2.44. The Morgan fingerprint density at radius 1 is 1.42 bits per heavy atom. The molecule has 19 heavy (non-hydrogen) atoms. The molecule has 3 rings (SSSR count). The molecule has 1 aromatic carbocycles. The lowest BCUT2D eigenvalue weighted by Crippen LogP contribution is -2.47. The molecule has 1 spiro atoms. The molecule has 0 bridgehead atoms. The highest BCUT2D eigenvalue weighted by atomic mass is 16.2. The summed E-state index contributed by atoms with van der Waals surface area (Å²) in [5.74, 6) is 0.320. The Labute approximate surface area is 114 Å². The van der Waals surface area contributed by atoms with Crippen LogP contribution in [0.5, 0.6) is 0 Å². The van der Waals surface area contributed by atoms with Crippen LogP contribution in [-0.2, 0) is 10.2 Å². The van der Waals surface area contributed by atoms with Gasteiger partial charge in [0.15, 0.2) is 0 Å². The van der Waals surface area contributed by atoms with Crippen LogP contribution in [0.3, 0.4) is 0 Å². The fourth-order valence-corrected chi connectivity index (χ4v) is 3.08. The summed E-state index contributed by atoms with van der Waals surface area (Å²) in [7, 11) is 0. The second-order valence-electron chi connectivity index (χ2n) is 6.13. The monoisotopic (exact) mass is 258 g/mol. The minimum atomic E-state index is -0.382. The molecule has 0 radical (unpaired) electrons. The quantitative estimate of drug-likeness (QED) is 0.905. The smallest absolute Gasteiger partial charge is 0.244 e. The predicted molar refractivity (Wildman–Crippen MR) is 77.1 cm³/mol. The van der Waals surface area contributed by atoms with Crippen molar-refractivity contribution in [3.05, 3.63) is 29.8 Å². The van der Waals surface area contributed by atoms with Crippen LogP contribution in [-0.4, -0.2) is 18.5 Å². The molecule has 0 saturated heterocycles. The van der Waals surface area contributed by atoms with Crippen molar-refractivity contribution in [1.29, 1.82) is 0 Å². The van der Waals surface area contributed by atoms with E-state index in [1.54, 1.807) is 0 Å². The number of nitrogens with zero attached hydrogens (tertiary/aromatic N) is 1. The third kappa shape index (κ3) is 1.88. The van der Waals surface area contributed by atoms with Crippen LogP contribution in [0.1, 0.15) is 38.7 Å². The molecule has 2 unspecified atom stereocenters. The van der Waals surface area contributed by atoms with Crippen molar-refractivity contribution >= 4 is 11.6 Å². The van der Waals surface area contributed by atoms with E-state index in [9.17, 15) is 4.79 Å². The normalized spacial score (nSPS) is 22.2. The van der Waals surface area contributed by atoms with Gasteiger partial charge in [0.2, 0.25) is 5.91 Å². The largest absolute Gasteiger partial charge is 0.320 e. The number of hydrogen-bond donors (Lipinski definition) is 1. The Morgan fingerprint density at radius 2 is 2.11 bits per heavy atom. The number of benzene rings is 1. The maximum absolute atomic E-state index is 12.6. The molecule has 0 aromatic heterocycles. The maximum Gasteiger partial charge on any atom is 0.244 e. The Kier molecular flexibility index (Phi) is 2.90. The van der Waals surface area contributed by atoms with Crippen molar-refractivity contribution in [2.24, 2.45) is 11.7 Å². The third-order valence-electron chi connectivity index (χ3n) is 4.89. The number of amides is 1. The van der Waals surface area contributed by atoms with Gasteiger partial charge in [-0.05, 0) is 30.4 Å². The minimum Gasteiger partial charge on any atom is -0.320 e. The molecule has 2 atom stereocenters. The van der Waals surface area contributed by atoms with Crippen LogP contribution >= 0.6 is 0 Å². The molecule has 1 saturated carbocycles. The van der Waals surface area contributed by atoms with Crippen molar-refractivity contribution < 1.29 is 4.79 Å². The molecular weight excluding hydrogens is 236 g/mol. The van der Waals surface area contributed by atoms with Crippen molar-refractivity contribution in [3.8, 4) is 0 Å².